The summed E-state index contributed by atoms with van der Waals surface area (Å²) in [4.78, 5) is 14.4. The van der Waals surface area contributed by atoms with Crippen LogP contribution in [0.25, 0.3) is 0 Å². The lowest BCUT2D eigenvalue weighted by Crippen LogP contribution is -2.45. The average molecular weight is 255 g/mol. The Bertz CT molecular complexity index is 285. The zero-order chi connectivity index (χ0) is 13.1. The number of aliphatic hydroxyl groups is 1. The fourth-order valence-corrected chi connectivity index (χ4v) is 3.17. The van der Waals surface area contributed by atoms with E-state index in [2.05, 4.69) is 6.92 Å². The van der Waals surface area contributed by atoms with Crippen LogP contribution in [0.1, 0.15) is 39.5 Å². The van der Waals surface area contributed by atoms with Crippen molar-refractivity contribution in [2.45, 2.75) is 51.7 Å². The third kappa shape index (κ3) is 2.86. The molecule has 2 saturated heterocycles. The lowest BCUT2D eigenvalue weighted by Gasteiger charge is -2.35. The summed E-state index contributed by atoms with van der Waals surface area (Å²) in [6, 6.07) is 0. The Hall–Kier alpha value is -0.610. The van der Waals surface area contributed by atoms with Crippen LogP contribution in [0.5, 0.6) is 0 Å². The molecule has 2 aliphatic heterocycles. The van der Waals surface area contributed by atoms with Crippen LogP contribution in [-0.2, 0) is 9.53 Å². The number of hydrogen-bond donors (Lipinski definition) is 1. The second kappa shape index (κ2) is 6.02. The lowest BCUT2D eigenvalue weighted by molar-refractivity contribution is -0.139. The topological polar surface area (TPSA) is 49.8 Å². The number of piperidine rings is 1. The van der Waals surface area contributed by atoms with Crippen molar-refractivity contribution in [2.24, 2.45) is 11.8 Å². The van der Waals surface area contributed by atoms with Crippen molar-refractivity contribution in [1.82, 2.24) is 4.90 Å². The van der Waals surface area contributed by atoms with Crippen LogP contribution in [0.2, 0.25) is 0 Å². The maximum atomic E-state index is 12.4. The van der Waals surface area contributed by atoms with Crippen molar-refractivity contribution in [3.63, 3.8) is 0 Å². The smallest absolute Gasteiger partial charge is 0.228 e. The summed E-state index contributed by atoms with van der Waals surface area (Å²) in [5.41, 5.74) is 0. The van der Waals surface area contributed by atoms with Gasteiger partial charge >= 0.3 is 0 Å². The van der Waals surface area contributed by atoms with Crippen LogP contribution in [-0.4, -0.2) is 47.8 Å². The van der Waals surface area contributed by atoms with E-state index in [1.165, 1.54) is 0 Å². The highest BCUT2D eigenvalue weighted by Crippen LogP contribution is 2.28. The molecular formula is C14H25NO3. The van der Waals surface area contributed by atoms with Gasteiger partial charge in [0.2, 0.25) is 5.91 Å². The van der Waals surface area contributed by atoms with Gasteiger partial charge in [0.15, 0.2) is 0 Å². The molecule has 1 amide bonds. The van der Waals surface area contributed by atoms with Gasteiger partial charge in [-0.15, -0.1) is 0 Å². The summed E-state index contributed by atoms with van der Waals surface area (Å²) < 4.78 is 5.60. The quantitative estimate of drug-likeness (QED) is 0.830. The fourth-order valence-electron chi connectivity index (χ4n) is 3.17. The summed E-state index contributed by atoms with van der Waals surface area (Å²) in [6.45, 7) is 6.23. The van der Waals surface area contributed by atoms with E-state index >= 15 is 0 Å². The molecule has 2 aliphatic rings. The number of aliphatic hydroxyl groups excluding tert-OH is 1. The molecule has 3 atom stereocenters. The monoisotopic (exact) mass is 255 g/mol. The lowest BCUT2D eigenvalue weighted by atomic mass is 9.90. The molecule has 0 aliphatic carbocycles. The normalized spacial score (nSPS) is 31.6. The Morgan fingerprint density at radius 1 is 1.39 bits per heavy atom. The van der Waals surface area contributed by atoms with Gasteiger partial charge in [0.25, 0.3) is 0 Å². The molecule has 0 saturated carbocycles. The van der Waals surface area contributed by atoms with Crippen LogP contribution in [0, 0.1) is 11.8 Å². The maximum absolute atomic E-state index is 12.4. The Balaban J connectivity index is 1.87. The van der Waals surface area contributed by atoms with E-state index in [1.807, 2.05) is 11.8 Å². The van der Waals surface area contributed by atoms with Crippen molar-refractivity contribution < 1.29 is 14.6 Å². The largest absolute Gasteiger partial charge is 0.393 e. The van der Waals surface area contributed by atoms with Gasteiger partial charge in [-0.3, -0.25) is 4.79 Å². The first kappa shape index (κ1) is 13.8. The standard InChI is InChI=1S/C14H25NO3/c1-3-13-12(6-9-18-13)14(17)15-7-4-11(5-8-15)10(2)16/h10-13,16H,3-9H2,1-2H3. The highest BCUT2D eigenvalue weighted by Gasteiger charge is 2.36. The number of ether oxygens (including phenoxy) is 1. The molecule has 4 heteroatoms. The molecule has 2 fully saturated rings. The van der Waals surface area contributed by atoms with Gasteiger partial charge in [0, 0.05) is 19.7 Å². The summed E-state index contributed by atoms with van der Waals surface area (Å²) in [7, 11) is 0. The van der Waals surface area contributed by atoms with Gasteiger partial charge < -0.3 is 14.7 Å². The first-order chi connectivity index (χ1) is 8.63. The Morgan fingerprint density at radius 3 is 2.61 bits per heavy atom. The van der Waals surface area contributed by atoms with Gasteiger partial charge in [0.1, 0.15) is 0 Å². The number of likely N-dealkylation sites (tertiary alicyclic amines) is 1. The van der Waals surface area contributed by atoms with Crippen LogP contribution in [0.4, 0.5) is 0 Å². The zero-order valence-corrected chi connectivity index (χ0v) is 11.5. The molecular weight excluding hydrogens is 230 g/mol. The molecule has 1 N–H and O–H groups in total. The molecule has 0 aromatic heterocycles. The second-order valence-corrected chi connectivity index (χ2v) is 5.62. The van der Waals surface area contributed by atoms with Crippen molar-refractivity contribution in [1.29, 1.82) is 0 Å². The number of carbonyl (C=O) groups is 1. The Morgan fingerprint density at radius 2 is 2.06 bits per heavy atom. The van der Waals surface area contributed by atoms with Crippen molar-refractivity contribution in [3.8, 4) is 0 Å². The zero-order valence-electron chi connectivity index (χ0n) is 11.5. The first-order valence-corrected chi connectivity index (χ1v) is 7.22. The van der Waals surface area contributed by atoms with Gasteiger partial charge in [-0.05, 0) is 38.5 Å². The molecule has 0 spiro atoms. The van der Waals surface area contributed by atoms with Gasteiger partial charge in [-0.2, -0.15) is 0 Å². The van der Waals surface area contributed by atoms with E-state index < -0.39 is 0 Å². The van der Waals surface area contributed by atoms with Crippen LogP contribution < -0.4 is 0 Å². The Labute approximate surface area is 109 Å². The first-order valence-electron chi connectivity index (χ1n) is 7.22. The van der Waals surface area contributed by atoms with Crippen LogP contribution >= 0.6 is 0 Å². The fraction of sp³-hybridized carbons (Fsp3) is 0.929. The highest BCUT2D eigenvalue weighted by molar-refractivity contribution is 5.79. The van der Waals surface area contributed by atoms with E-state index in [4.69, 9.17) is 4.74 Å². The minimum atomic E-state index is -0.250. The summed E-state index contributed by atoms with van der Waals surface area (Å²) in [5.74, 6) is 0.692. The minimum absolute atomic E-state index is 0.0677. The van der Waals surface area contributed by atoms with E-state index in [9.17, 15) is 9.90 Å². The van der Waals surface area contributed by atoms with Gasteiger partial charge in [-0.25, -0.2) is 0 Å². The molecule has 0 radical (unpaired) electrons. The number of hydrogen-bond acceptors (Lipinski definition) is 3. The Kier molecular flexibility index (Phi) is 4.62. The second-order valence-electron chi connectivity index (χ2n) is 5.62. The highest BCUT2D eigenvalue weighted by atomic mass is 16.5. The van der Waals surface area contributed by atoms with Crippen molar-refractivity contribution >= 4 is 5.91 Å². The van der Waals surface area contributed by atoms with Crippen LogP contribution in [0.3, 0.4) is 0 Å². The number of rotatable bonds is 3. The number of amides is 1. The van der Waals surface area contributed by atoms with Crippen molar-refractivity contribution in [2.75, 3.05) is 19.7 Å². The third-order valence-corrected chi connectivity index (χ3v) is 4.46. The molecule has 0 bridgehead atoms. The predicted octanol–water partition coefficient (Wildman–Crippen LogP) is 1.42. The maximum Gasteiger partial charge on any atom is 0.228 e. The van der Waals surface area contributed by atoms with E-state index in [1.54, 1.807) is 0 Å². The van der Waals surface area contributed by atoms with Crippen molar-refractivity contribution in [3.05, 3.63) is 0 Å². The molecule has 0 aromatic rings. The molecule has 104 valence electrons. The molecule has 2 rings (SSSR count). The third-order valence-electron chi connectivity index (χ3n) is 4.46. The molecule has 3 unspecified atom stereocenters. The SMILES string of the molecule is CCC1OCCC1C(=O)N1CCC(C(C)O)CC1. The molecule has 2 heterocycles. The van der Waals surface area contributed by atoms with Crippen LogP contribution in [0.15, 0.2) is 0 Å². The van der Waals surface area contributed by atoms with E-state index in [0.717, 1.165) is 45.4 Å². The molecule has 18 heavy (non-hydrogen) atoms. The minimum Gasteiger partial charge on any atom is -0.393 e. The van der Waals surface area contributed by atoms with Gasteiger partial charge in [0.05, 0.1) is 18.1 Å². The average Bonchev–Trinajstić information content (AvgIpc) is 2.86. The molecule has 4 nitrogen and oxygen atoms in total. The number of carbonyl (C=O) groups excluding carboxylic acids is 1. The summed E-state index contributed by atoms with van der Waals surface area (Å²) >= 11 is 0. The summed E-state index contributed by atoms with van der Waals surface area (Å²) in [6.07, 6.45) is 3.50. The van der Waals surface area contributed by atoms with Gasteiger partial charge in [-0.1, -0.05) is 6.92 Å². The number of nitrogens with zero attached hydrogens (tertiary/aromatic N) is 1. The van der Waals surface area contributed by atoms with E-state index in [-0.39, 0.29) is 24.0 Å². The summed E-state index contributed by atoms with van der Waals surface area (Å²) in [5, 5.41) is 9.57. The predicted molar refractivity (Wildman–Crippen MR) is 69.1 cm³/mol. The molecule has 0 aromatic carbocycles. The van der Waals surface area contributed by atoms with E-state index in [0.29, 0.717) is 5.92 Å².